The number of anilines is 1. The van der Waals surface area contributed by atoms with E-state index in [4.69, 9.17) is 10.5 Å². The summed E-state index contributed by atoms with van der Waals surface area (Å²) in [6.45, 7) is 1.43. The van der Waals surface area contributed by atoms with Crippen molar-refractivity contribution in [2.45, 2.75) is 18.9 Å². The van der Waals surface area contributed by atoms with Gasteiger partial charge in [-0.05, 0) is 12.8 Å². The van der Waals surface area contributed by atoms with Crippen LogP contribution >= 0.6 is 0 Å². The predicted molar refractivity (Wildman–Crippen MR) is 63.6 cm³/mol. The second-order valence-corrected chi connectivity index (χ2v) is 4.29. The quantitative estimate of drug-likeness (QED) is 0.801. The van der Waals surface area contributed by atoms with Gasteiger partial charge < -0.3 is 15.4 Å². The number of likely N-dealkylation sites (tertiary alicyclic amines) is 1. The lowest BCUT2D eigenvalue weighted by atomic mass is 10.1. The molecule has 1 aliphatic rings. The molecule has 2 heterocycles. The zero-order valence-corrected chi connectivity index (χ0v) is 10.2. The van der Waals surface area contributed by atoms with Crippen molar-refractivity contribution in [2.75, 3.05) is 25.9 Å². The smallest absolute Gasteiger partial charge is 0.259 e. The Bertz CT molecular complexity index is 408. The van der Waals surface area contributed by atoms with E-state index in [0.717, 1.165) is 12.8 Å². The molecule has 1 saturated heterocycles. The number of methoxy groups -OCH3 is 1. The Morgan fingerprint density at radius 3 is 2.65 bits per heavy atom. The first-order valence-corrected chi connectivity index (χ1v) is 5.73. The van der Waals surface area contributed by atoms with E-state index in [0.29, 0.717) is 24.5 Å². The number of ether oxygens (including phenoxy) is 1. The molecule has 6 nitrogen and oxygen atoms in total. The van der Waals surface area contributed by atoms with Crippen molar-refractivity contribution in [2.24, 2.45) is 7.05 Å². The normalized spacial score (nSPS) is 17.4. The van der Waals surface area contributed by atoms with Crippen LogP contribution in [-0.4, -0.2) is 46.9 Å². The summed E-state index contributed by atoms with van der Waals surface area (Å²) in [6.07, 6.45) is 3.55. The molecule has 1 fully saturated rings. The molecule has 0 spiro atoms. The summed E-state index contributed by atoms with van der Waals surface area (Å²) in [7, 11) is 3.44. The molecular weight excluding hydrogens is 220 g/mol. The van der Waals surface area contributed by atoms with Crippen LogP contribution in [0, 0.1) is 0 Å². The van der Waals surface area contributed by atoms with Crippen molar-refractivity contribution in [1.82, 2.24) is 14.7 Å². The van der Waals surface area contributed by atoms with Gasteiger partial charge in [-0.3, -0.25) is 9.48 Å². The zero-order chi connectivity index (χ0) is 12.4. The summed E-state index contributed by atoms with van der Waals surface area (Å²) >= 11 is 0. The number of aryl methyl sites for hydroxylation is 1. The van der Waals surface area contributed by atoms with E-state index in [1.54, 1.807) is 14.2 Å². The van der Waals surface area contributed by atoms with Gasteiger partial charge in [-0.2, -0.15) is 5.10 Å². The minimum Gasteiger partial charge on any atom is -0.383 e. The molecule has 0 aromatic carbocycles. The van der Waals surface area contributed by atoms with Crippen LogP contribution in [0.4, 0.5) is 5.82 Å². The van der Waals surface area contributed by atoms with Crippen LogP contribution in [0.25, 0.3) is 0 Å². The molecule has 0 radical (unpaired) electrons. The molecule has 2 N–H and O–H groups in total. The third-order valence-corrected chi connectivity index (χ3v) is 3.28. The number of nitrogens with two attached hydrogens (primary N) is 1. The monoisotopic (exact) mass is 238 g/mol. The Morgan fingerprint density at radius 2 is 2.18 bits per heavy atom. The lowest BCUT2D eigenvalue weighted by Gasteiger charge is -2.31. The van der Waals surface area contributed by atoms with Gasteiger partial charge in [0.25, 0.3) is 5.91 Å². The maximum absolute atomic E-state index is 12.2. The summed E-state index contributed by atoms with van der Waals surface area (Å²) in [5.41, 5.74) is 6.28. The SMILES string of the molecule is COC1CCN(C(=O)c2cnn(C)c2N)CC1. The molecule has 0 unspecified atom stereocenters. The van der Waals surface area contributed by atoms with Crippen LogP contribution in [0.5, 0.6) is 0 Å². The van der Waals surface area contributed by atoms with Gasteiger partial charge in [0.05, 0.1) is 12.3 Å². The van der Waals surface area contributed by atoms with Crippen molar-refractivity contribution in [3.63, 3.8) is 0 Å². The van der Waals surface area contributed by atoms with Crippen LogP contribution in [0.2, 0.25) is 0 Å². The van der Waals surface area contributed by atoms with Crippen molar-refractivity contribution >= 4 is 11.7 Å². The molecule has 94 valence electrons. The second-order valence-electron chi connectivity index (χ2n) is 4.29. The topological polar surface area (TPSA) is 73.4 Å². The summed E-state index contributed by atoms with van der Waals surface area (Å²) < 4.78 is 6.78. The highest BCUT2D eigenvalue weighted by Gasteiger charge is 2.25. The van der Waals surface area contributed by atoms with Crippen molar-refractivity contribution in [3.8, 4) is 0 Å². The molecule has 1 aliphatic heterocycles. The second kappa shape index (κ2) is 4.75. The molecule has 17 heavy (non-hydrogen) atoms. The van der Waals surface area contributed by atoms with E-state index in [2.05, 4.69) is 5.10 Å². The minimum absolute atomic E-state index is 0.0369. The molecule has 1 aromatic heterocycles. The van der Waals surface area contributed by atoms with Crippen LogP contribution in [0.1, 0.15) is 23.2 Å². The Labute approximate surface area is 100 Å². The number of hydrogen-bond acceptors (Lipinski definition) is 4. The van der Waals surface area contributed by atoms with Crippen molar-refractivity contribution in [3.05, 3.63) is 11.8 Å². The number of carbonyl (C=O) groups is 1. The highest BCUT2D eigenvalue weighted by molar-refractivity contribution is 5.98. The van der Waals surface area contributed by atoms with Gasteiger partial charge in [0.2, 0.25) is 0 Å². The molecule has 1 aromatic rings. The Morgan fingerprint density at radius 1 is 1.53 bits per heavy atom. The van der Waals surface area contributed by atoms with E-state index in [1.807, 2.05) is 4.90 Å². The number of amides is 1. The van der Waals surface area contributed by atoms with Crippen LogP contribution in [0.3, 0.4) is 0 Å². The van der Waals surface area contributed by atoms with Gasteiger partial charge in [0.15, 0.2) is 0 Å². The van der Waals surface area contributed by atoms with E-state index < -0.39 is 0 Å². The van der Waals surface area contributed by atoms with Gasteiger partial charge >= 0.3 is 0 Å². The number of nitrogen functional groups attached to an aromatic ring is 1. The first-order chi connectivity index (χ1) is 8.13. The third kappa shape index (κ3) is 2.26. The number of carbonyl (C=O) groups excluding carboxylic acids is 1. The number of rotatable bonds is 2. The number of piperidine rings is 1. The standard InChI is InChI=1S/C11H18N4O2/c1-14-10(12)9(7-13-14)11(16)15-5-3-8(17-2)4-6-15/h7-8H,3-6,12H2,1-2H3. The predicted octanol–water partition coefficient (Wildman–Crippen LogP) is 0.253. The fourth-order valence-corrected chi connectivity index (χ4v) is 2.08. The molecule has 0 bridgehead atoms. The summed E-state index contributed by atoms with van der Waals surface area (Å²) in [4.78, 5) is 14.0. The van der Waals surface area contributed by atoms with Gasteiger partial charge in [-0.15, -0.1) is 0 Å². The fourth-order valence-electron chi connectivity index (χ4n) is 2.08. The molecule has 0 saturated carbocycles. The van der Waals surface area contributed by atoms with Crippen LogP contribution in [-0.2, 0) is 11.8 Å². The number of hydrogen-bond donors (Lipinski definition) is 1. The Kier molecular flexibility index (Phi) is 3.33. The summed E-state index contributed by atoms with van der Waals surface area (Å²) in [6, 6.07) is 0. The van der Waals surface area contributed by atoms with Gasteiger partial charge in [-0.1, -0.05) is 0 Å². The Hall–Kier alpha value is -1.56. The average Bonchev–Trinajstić information content (AvgIpc) is 2.69. The van der Waals surface area contributed by atoms with E-state index >= 15 is 0 Å². The third-order valence-electron chi connectivity index (χ3n) is 3.28. The highest BCUT2D eigenvalue weighted by atomic mass is 16.5. The largest absolute Gasteiger partial charge is 0.383 e. The highest BCUT2D eigenvalue weighted by Crippen LogP contribution is 2.18. The lowest BCUT2D eigenvalue weighted by molar-refractivity contribution is 0.0351. The van der Waals surface area contributed by atoms with Gasteiger partial charge in [-0.25, -0.2) is 0 Å². The first-order valence-electron chi connectivity index (χ1n) is 5.73. The minimum atomic E-state index is -0.0369. The summed E-state index contributed by atoms with van der Waals surface area (Å²) in [5, 5.41) is 3.98. The van der Waals surface area contributed by atoms with Crippen molar-refractivity contribution < 1.29 is 9.53 Å². The first kappa shape index (κ1) is 11.9. The zero-order valence-electron chi connectivity index (χ0n) is 10.2. The maximum Gasteiger partial charge on any atom is 0.259 e. The van der Waals surface area contributed by atoms with Gasteiger partial charge in [0, 0.05) is 27.2 Å². The van der Waals surface area contributed by atoms with E-state index in [-0.39, 0.29) is 12.0 Å². The maximum atomic E-state index is 12.2. The van der Waals surface area contributed by atoms with Gasteiger partial charge in [0.1, 0.15) is 11.4 Å². The molecule has 2 rings (SSSR count). The lowest BCUT2D eigenvalue weighted by Crippen LogP contribution is -2.40. The van der Waals surface area contributed by atoms with Crippen LogP contribution in [0.15, 0.2) is 6.20 Å². The number of nitrogens with zero attached hydrogens (tertiary/aromatic N) is 3. The average molecular weight is 238 g/mol. The molecule has 0 atom stereocenters. The summed E-state index contributed by atoms with van der Waals surface area (Å²) in [5.74, 6) is 0.383. The molecule has 1 amide bonds. The fraction of sp³-hybridized carbons (Fsp3) is 0.636. The molecule has 6 heteroatoms. The number of aromatic nitrogens is 2. The van der Waals surface area contributed by atoms with Crippen molar-refractivity contribution in [1.29, 1.82) is 0 Å². The Balaban J connectivity index is 2.04. The molecule has 0 aliphatic carbocycles. The van der Waals surface area contributed by atoms with Crippen LogP contribution < -0.4 is 5.73 Å². The van der Waals surface area contributed by atoms with E-state index in [9.17, 15) is 4.79 Å². The van der Waals surface area contributed by atoms with E-state index in [1.165, 1.54) is 10.9 Å². The molecular formula is C11H18N4O2.